The molecule has 0 spiro atoms. The molecule has 2 aliphatic rings. The van der Waals surface area contributed by atoms with E-state index in [0.717, 1.165) is 55.3 Å². The quantitative estimate of drug-likeness (QED) is 0.565. The van der Waals surface area contributed by atoms with Gasteiger partial charge in [-0.15, -0.1) is 0 Å². The molecule has 1 fully saturated rings. The number of aromatic nitrogens is 2. The summed E-state index contributed by atoms with van der Waals surface area (Å²) < 4.78 is 5.54. The fraction of sp³-hybridized carbons (Fsp3) is 0.318. The molecule has 30 heavy (non-hydrogen) atoms. The number of morpholine rings is 1. The van der Waals surface area contributed by atoms with Crippen molar-refractivity contribution in [2.24, 2.45) is 5.10 Å². The van der Waals surface area contributed by atoms with Crippen molar-refractivity contribution in [2.75, 3.05) is 31.7 Å². The van der Waals surface area contributed by atoms with Crippen LogP contribution in [0.15, 0.2) is 57.1 Å². The molecular formula is C22H24ClN5O2. The van der Waals surface area contributed by atoms with Crippen LogP contribution in [-0.4, -0.2) is 47.4 Å². The lowest BCUT2D eigenvalue weighted by Crippen LogP contribution is -2.36. The Morgan fingerprint density at radius 1 is 1.23 bits per heavy atom. The van der Waals surface area contributed by atoms with Crippen molar-refractivity contribution in [3.05, 3.63) is 73.8 Å². The van der Waals surface area contributed by atoms with Gasteiger partial charge in [0.2, 0.25) is 5.95 Å². The van der Waals surface area contributed by atoms with Gasteiger partial charge < -0.3 is 9.64 Å². The number of allylic oxidation sites excluding steroid dienone is 2. The van der Waals surface area contributed by atoms with Crippen molar-refractivity contribution < 1.29 is 4.74 Å². The second kappa shape index (κ2) is 9.28. The van der Waals surface area contributed by atoms with Gasteiger partial charge in [-0.25, -0.2) is 10.4 Å². The Balaban J connectivity index is 1.61. The normalized spacial score (nSPS) is 18.6. The van der Waals surface area contributed by atoms with Crippen LogP contribution in [-0.2, 0) is 4.74 Å². The van der Waals surface area contributed by atoms with Crippen LogP contribution in [0.2, 0.25) is 5.02 Å². The number of aryl methyl sites for hydroxylation is 1. The smallest absolute Gasteiger partial charge is 0.252 e. The van der Waals surface area contributed by atoms with E-state index in [1.54, 1.807) is 6.92 Å². The van der Waals surface area contributed by atoms with Crippen molar-refractivity contribution in [1.29, 1.82) is 0 Å². The fourth-order valence-electron chi connectivity index (χ4n) is 3.74. The van der Waals surface area contributed by atoms with Crippen molar-refractivity contribution in [2.45, 2.75) is 19.8 Å². The molecule has 0 radical (unpaired) electrons. The van der Waals surface area contributed by atoms with E-state index in [0.29, 0.717) is 11.6 Å². The Morgan fingerprint density at radius 2 is 2.00 bits per heavy atom. The van der Waals surface area contributed by atoms with Crippen LogP contribution in [0.25, 0.3) is 6.08 Å². The highest BCUT2D eigenvalue weighted by molar-refractivity contribution is 6.30. The molecule has 7 nitrogen and oxygen atoms in total. The van der Waals surface area contributed by atoms with Crippen LogP contribution in [0.5, 0.6) is 0 Å². The summed E-state index contributed by atoms with van der Waals surface area (Å²) in [4.78, 5) is 20.8. The van der Waals surface area contributed by atoms with Gasteiger partial charge in [0.25, 0.3) is 5.56 Å². The van der Waals surface area contributed by atoms with Crippen molar-refractivity contribution in [1.82, 2.24) is 14.9 Å². The average Bonchev–Trinajstić information content (AvgIpc) is 3.12. The van der Waals surface area contributed by atoms with Crippen LogP contribution in [0.1, 0.15) is 24.1 Å². The summed E-state index contributed by atoms with van der Waals surface area (Å²) >= 11 is 6.03. The topological polar surface area (TPSA) is 82.6 Å². The molecule has 0 atom stereocenters. The van der Waals surface area contributed by atoms with E-state index in [9.17, 15) is 4.79 Å². The molecule has 1 saturated heterocycles. The number of rotatable bonds is 5. The third-order valence-corrected chi connectivity index (χ3v) is 5.32. The van der Waals surface area contributed by atoms with Gasteiger partial charge in [0, 0.05) is 35.6 Å². The number of nitrogens with one attached hydrogen (secondary N) is 2. The molecule has 0 saturated carbocycles. The number of aromatic amines is 1. The summed E-state index contributed by atoms with van der Waals surface area (Å²) in [5.41, 5.74) is 8.04. The Hall–Kier alpha value is -2.90. The zero-order valence-corrected chi connectivity index (χ0v) is 17.6. The van der Waals surface area contributed by atoms with Crippen molar-refractivity contribution >= 4 is 29.8 Å². The molecular weight excluding hydrogens is 402 g/mol. The number of halogens is 1. The van der Waals surface area contributed by atoms with E-state index in [1.165, 1.54) is 17.3 Å². The largest absolute Gasteiger partial charge is 0.378 e. The minimum absolute atomic E-state index is 0.206. The van der Waals surface area contributed by atoms with Crippen LogP contribution < -0.4 is 11.0 Å². The molecule has 156 valence electrons. The molecule has 2 N–H and O–H groups in total. The minimum Gasteiger partial charge on any atom is -0.378 e. The van der Waals surface area contributed by atoms with Crippen LogP contribution in [0.3, 0.4) is 0 Å². The third kappa shape index (κ3) is 4.98. The summed E-state index contributed by atoms with van der Waals surface area (Å²) in [5.74, 6) is 0.333. The molecule has 8 heteroatoms. The molecule has 2 aromatic rings. The van der Waals surface area contributed by atoms with E-state index in [4.69, 9.17) is 16.3 Å². The molecule has 1 aliphatic heterocycles. The highest BCUT2D eigenvalue weighted by Gasteiger charge is 2.25. The summed E-state index contributed by atoms with van der Waals surface area (Å²) in [6.45, 7) is 4.91. The van der Waals surface area contributed by atoms with Gasteiger partial charge in [0.1, 0.15) is 0 Å². The predicted molar refractivity (Wildman–Crippen MR) is 120 cm³/mol. The number of benzene rings is 1. The molecule has 4 rings (SSSR count). The first-order valence-corrected chi connectivity index (χ1v) is 10.4. The number of hydrogen-bond donors (Lipinski definition) is 2. The Kier molecular flexibility index (Phi) is 6.30. The van der Waals surface area contributed by atoms with E-state index < -0.39 is 0 Å². The molecule has 1 aromatic carbocycles. The SMILES string of the molecule is Cc1cc(=O)[nH]c(NN=CC2=C(N3CCOCC3)/C(=C\c3ccc(Cl)cc3)CC2)n1. The summed E-state index contributed by atoms with van der Waals surface area (Å²) in [7, 11) is 0. The monoisotopic (exact) mass is 425 g/mol. The number of nitrogens with zero attached hydrogens (tertiary/aromatic N) is 3. The lowest BCUT2D eigenvalue weighted by Gasteiger charge is -2.31. The third-order valence-electron chi connectivity index (χ3n) is 5.07. The standard InChI is InChI=1S/C22H24ClN5O2/c1-15-12-20(29)26-22(25-15)27-24-14-18-5-4-17(13-16-2-6-19(23)7-3-16)21(18)28-8-10-30-11-9-28/h2-3,6-7,12-14H,4-5,8-11H2,1H3,(H2,25,26,27,29)/b17-13-,24-14?. The Bertz CT molecular complexity index is 1050. The van der Waals surface area contributed by atoms with E-state index in [-0.39, 0.29) is 5.56 Å². The summed E-state index contributed by atoms with van der Waals surface area (Å²) in [6.07, 6.45) is 5.88. The first-order chi connectivity index (χ1) is 14.6. The van der Waals surface area contributed by atoms with Gasteiger partial charge in [-0.05, 0) is 54.7 Å². The lowest BCUT2D eigenvalue weighted by molar-refractivity contribution is 0.0548. The number of hydrogen-bond acceptors (Lipinski definition) is 6. The van der Waals surface area contributed by atoms with Crippen molar-refractivity contribution in [3.8, 4) is 0 Å². The number of hydrazone groups is 1. The predicted octanol–water partition coefficient (Wildman–Crippen LogP) is 3.59. The van der Waals surface area contributed by atoms with Gasteiger partial charge >= 0.3 is 0 Å². The number of anilines is 1. The lowest BCUT2D eigenvalue weighted by atomic mass is 10.1. The highest BCUT2D eigenvalue weighted by atomic mass is 35.5. The summed E-state index contributed by atoms with van der Waals surface area (Å²) in [6, 6.07) is 9.31. The second-order valence-electron chi connectivity index (χ2n) is 7.30. The highest BCUT2D eigenvalue weighted by Crippen LogP contribution is 2.35. The Labute approximate surface area is 180 Å². The Morgan fingerprint density at radius 3 is 2.73 bits per heavy atom. The van der Waals surface area contributed by atoms with Gasteiger partial charge in [-0.2, -0.15) is 5.10 Å². The van der Waals surface area contributed by atoms with E-state index in [1.807, 2.05) is 30.5 Å². The fourth-order valence-corrected chi connectivity index (χ4v) is 3.86. The van der Waals surface area contributed by atoms with Gasteiger partial charge in [-0.3, -0.25) is 9.78 Å². The van der Waals surface area contributed by atoms with Gasteiger partial charge in [0.05, 0.1) is 19.4 Å². The first kappa shape index (κ1) is 20.4. The van der Waals surface area contributed by atoms with Crippen molar-refractivity contribution in [3.63, 3.8) is 0 Å². The zero-order valence-electron chi connectivity index (χ0n) is 16.8. The summed E-state index contributed by atoms with van der Waals surface area (Å²) in [5, 5.41) is 5.07. The van der Waals surface area contributed by atoms with Crippen LogP contribution in [0, 0.1) is 6.92 Å². The zero-order chi connectivity index (χ0) is 20.9. The number of ether oxygens (including phenoxy) is 1. The van der Waals surface area contributed by atoms with Gasteiger partial charge in [0.15, 0.2) is 0 Å². The second-order valence-corrected chi connectivity index (χ2v) is 7.74. The molecule has 1 aromatic heterocycles. The average molecular weight is 426 g/mol. The molecule has 1 aliphatic carbocycles. The van der Waals surface area contributed by atoms with Crippen LogP contribution >= 0.6 is 11.6 Å². The molecule has 2 heterocycles. The van der Waals surface area contributed by atoms with Gasteiger partial charge in [-0.1, -0.05) is 23.7 Å². The molecule has 0 bridgehead atoms. The minimum atomic E-state index is -0.206. The maximum Gasteiger partial charge on any atom is 0.252 e. The molecule has 0 amide bonds. The van der Waals surface area contributed by atoms with E-state index >= 15 is 0 Å². The van der Waals surface area contributed by atoms with E-state index in [2.05, 4.69) is 31.5 Å². The maximum absolute atomic E-state index is 11.6. The molecule has 0 unspecified atom stereocenters. The number of H-pyrrole nitrogens is 1. The first-order valence-electron chi connectivity index (χ1n) is 9.98. The van der Waals surface area contributed by atoms with Crippen LogP contribution in [0.4, 0.5) is 5.95 Å². The maximum atomic E-state index is 11.6.